The maximum absolute atomic E-state index is 15.0. The highest BCUT2D eigenvalue weighted by Gasteiger charge is 2.65. The summed E-state index contributed by atoms with van der Waals surface area (Å²) in [5.41, 5.74) is 3.02. The first-order valence-corrected chi connectivity index (χ1v) is 23.2. The lowest BCUT2D eigenvalue weighted by Crippen LogP contribution is -2.70. The van der Waals surface area contributed by atoms with Gasteiger partial charge in [0, 0.05) is 43.7 Å². The molecule has 14 heteroatoms. The average Bonchev–Trinajstić information content (AvgIpc) is 3.30. The van der Waals surface area contributed by atoms with Crippen LogP contribution in [0.5, 0.6) is 28.7 Å². The summed E-state index contributed by atoms with van der Waals surface area (Å²) < 4.78 is 36.9. The highest BCUT2D eigenvalue weighted by molar-refractivity contribution is 6.03. The first-order chi connectivity index (χ1) is 31.8. The molecule has 3 aliphatic rings. The topological polar surface area (TPSA) is 167 Å². The van der Waals surface area contributed by atoms with Crippen LogP contribution in [0.25, 0.3) is 0 Å². The molecule has 6 atom stereocenters. The molecule has 1 saturated carbocycles. The number of carbonyl (C=O) groups is 2. The molecule has 358 valence electrons. The maximum atomic E-state index is 15.0. The molecule has 0 unspecified atom stereocenters. The van der Waals surface area contributed by atoms with E-state index in [0.29, 0.717) is 66.0 Å². The van der Waals surface area contributed by atoms with Crippen molar-refractivity contribution in [2.75, 3.05) is 53.0 Å². The Morgan fingerprint density at radius 1 is 0.939 bits per heavy atom. The number of nitrogens with one attached hydrogen (secondary N) is 1. The van der Waals surface area contributed by atoms with Crippen molar-refractivity contribution < 1.29 is 53.1 Å². The van der Waals surface area contributed by atoms with Gasteiger partial charge in [-0.25, -0.2) is 4.79 Å². The van der Waals surface area contributed by atoms with E-state index in [2.05, 4.69) is 18.0 Å². The number of unbranched alkanes of at least 4 members (excludes halogenated alkanes) is 2. The van der Waals surface area contributed by atoms with Gasteiger partial charge in [-0.05, 0) is 118 Å². The van der Waals surface area contributed by atoms with E-state index in [-0.39, 0.29) is 56.3 Å². The second-order valence-electron chi connectivity index (χ2n) is 18.2. The van der Waals surface area contributed by atoms with E-state index >= 15 is 0 Å². The third-order valence-electron chi connectivity index (χ3n) is 12.6. The van der Waals surface area contributed by atoms with Gasteiger partial charge in [0.1, 0.15) is 40.4 Å². The van der Waals surface area contributed by atoms with Crippen LogP contribution >= 0.6 is 0 Å². The number of anilines is 1. The van der Waals surface area contributed by atoms with Gasteiger partial charge in [-0.2, -0.15) is 0 Å². The number of ether oxygens (including phenoxy) is 6. The summed E-state index contributed by atoms with van der Waals surface area (Å²) in [4.78, 5) is 36.7. The molecular formula is C52H69N3O11. The molecule has 0 aromatic heterocycles. The predicted molar refractivity (Wildman–Crippen MR) is 254 cm³/mol. The summed E-state index contributed by atoms with van der Waals surface area (Å²) in [5, 5.41) is 27.7. The smallest absolute Gasteiger partial charge is 0.417 e. The number of oxime groups is 1. The Kier molecular flexibility index (Phi) is 17.2. The van der Waals surface area contributed by atoms with E-state index in [0.717, 1.165) is 42.4 Å². The monoisotopic (exact) mass is 911 g/mol. The zero-order chi connectivity index (χ0) is 47.4. The van der Waals surface area contributed by atoms with E-state index in [9.17, 15) is 19.8 Å². The molecule has 66 heavy (non-hydrogen) atoms. The molecular weight excluding hydrogens is 843 g/mol. The summed E-state index contributed by atoms with van der Waals surface area (Å²) in [6.07, 6.45) is 8.67. The van der Waals surface area contributed by atoms with Crippen LogP contribution in [0.15, 0.2) is 90.1 Å². The molecule has 3 aromatic carbocycles. The SMILES string of the molecule is C=CCO[C@@]12Oc3ccc(OC(=O)Nc4ccc(OC)cc4OC)cc3[C@H]3[C@H](CCCCO)[C@@H](CCCCO)C=C(C(=NOC(C)(C)C)C[C@@H]1N(CCC)C(=O)Cc1cccc(OC)c1)[C@H]32. The van der Waals surface area contributed by atoms with Gasteiger partial charge < -0.3 is 48.4 Å². The number of hydrogen-bond donors (Lipinski definition) is 3. The van der Waals surface area contributed by atoms with Crippen molar-refractivity contribution in [2.24, 2.45) is 22.9 Å². The molecule has 0 bridgehead atoms. The number of rotatable bonds is 22. The Morgan fingerprint density at radius 3 is 2.35 bits per heavy atom. The van der Waals surface area contributed by atoms with Crippen LogP contribution in [0.1, 0.15) is 96.1 Å². The molecule has 6 rings (SSSR count). The number of allylic oxidation sites excluding steroid dienone is 1. The molecule has 1 fully saturated rings. The van der Waals surface area contributed by atoms with Crippen molar-refractivity contribution in [1.82, 2.24) is 4.90 Å². The normalized spacial score (nSPS) is 22.5. The first kappa shape index (κ1) is 49.9. The molecule has 0 radical (unpaired) electrons. The molecule has 0 saturated heterocycles. The van der Waals surface area contributed by atoms with Crippen LogP contribution in [0.3, 0.4) is 0 Å². The second-order valence-corrected chi connectivity index (χ2v) is 18.2. The predicted octanol–water partition coefficient (Wildman–Crippen LogP) is 9.24. The lowest BCUT2D eigenvalue weighted by atomic mass is 9.55. The second kappa shape index (κ2) is 22.8. The molecule has 1 heterocycles. The number of methoxy groups -OCH3 is 3. The summed E-state index contributed by atoms with van der Waals surface area (Å²) in [6.45, 7) is 12.6. The number of hydrogen-bond acceptors (Lipinski definition) is 12. The fourth-order valence-corrected chi connectivity index (χ4v) is 9.80. The minimum Gasteiger partial charge on any atom is -0.497 e. The van der Waals surface area contributed by atoms with Gasteiger partial charge in [-0.3, -0.25) is 10.1 Å². The van der Waals surface area contributed by atoms with Gasteiger partial charge in [0.25, 0.3) is 0 Å². The van der Waals surface area contributed by atoms with E-state index in [4.69, 9.17) is 38.4 Å². The lowest BCUT2D eigenvalue weighted by Gasteiger charge is -2.60. The number of carbonyl (C=O) groups excluding carboxylic acids is 2. The Hall–Kier alpha value is -5.57. The maximum Gasteiger partial charge on any atom is 0.417 e. The first-order valence-electron chi connectivity index (χ1n) is 23.2. The molecule has 2 amide bonds. The van der Waals surface area contributed by atoms with Crippen LogP contribution < -0.4 is 29.0 Å². The van der Waals surface area contributed by atoms with Crippen molar-refractivity contribution in [1.29, 1.82) is 0 Å². The Bertz CT molecular complexity index is 2200. The highest BCUT2D eigenvalue weighted by atomic mass is 16.7. The van der Waals surface area contributed by atoms with E-state index in [1.54, 1.807) is 44.6 Å². The quantitative estimate of drug-likeness (QED) is 0.0500. The van der Waals surface area contributed by atoms with Crippen molar-refractivity contribution in [2.45, 2.75) is 109 Å². The average molecular weight is 912 g/mol. The molecule has 1 aliphatic heterocycles. The number of aliphatic hydroxyl groups is 2. The zero-order valence-corrected chi connectivity index (χ0v) is 39.7. The van der Waals surface area contributed by atoms with Gasteiger partial charge in [0.05, 0.1) is 51.7 Å². The Labute approximate surface area is 389 Å². The summed E-state index contributed by atoms with van der Waals surface area (Å²) in [6, 6.07) is 17.3. The molecule has 3 N–H and O–H groups in total. The highest BCUT2D eigenvalue weighted by Crippen LogP contribution is 2.62. The van der Waals surface area contributed by atoms with Crippen molar-refractivity contribution in [3.63, 3.8) is 0 Å². The molecule has 0 spiro atoms. The van der Waals surface area contributed by atoms with Crippen LogP contribution in [-0.2, 0) is 20.8 Å². The van der Waals surface area contributed by atoms with Crippen molar-refractivity contribution >= 4 is 23.4 Å². The minimum absolute atomic E-state index is 0.0165. The molecule has 14 nitrogen and oxygen atoms in total. The van der Waals surface area contributed by atoms with Crippen molar-refractivity contribution in [3.05, 3.63) is 96.1 Å². The molecule has 3 aromatic rings. The molecule has 2 aliphatic carbocycles. The van der Waals surface area contributed by atoms with Gasteiger partial charge in [-0.1, -0.05) is 49.2 Å². The Morgan fingerprint density at radius 2 is 1.67 bits per heavy atom. The summed E-state index contributed by atoms with van der Waals surface area (Å²) >= 11 is 0. The largest absolute Gasteiger partial charge is 0.497 e. The number of aliphatic hydroxyl groups excluding tert-OH is 2. The summed E-state index contributed by atoms with van der Waals surface area (Å²) in [7, 11) is 4.67. The zero-order valence-electron chi connectivity index (χ0n) is 39.7. The number of nitrogens with zero attached hydrogens (tertiary/aromatic N) is 2. The van der Waals surface area contributed by atoms with E-state index in [1.807, 2.05) is 69.0 Å². The standard InChI is InChI=1S/C52H69N3O11/c1-9-24-55(47(58)29-34-16-15-18-36(28-34)60-6)46-33-43(54-66-51(3,4)5)40-30-35(17-11-13-25-56)39(19-12-14-26-57)48-41-31-38(21-23-44(41)65-52(46,49(40)48)63-27-10-2)64-50(59)53-42-22-20-37(61-7)32-45(42)62-8/h10,15-16,18,20-23,28,30-32,35,39,46,48-49,56-57H,2,9,11-14,17,19,24-27,29,33H2,1,3-8H3,(H,53,59)/t35-,39+,46-,48+,49+,52+/m0/s1. The fourth-order valence-electron chi connectivity index (χ4n) is 9.80. The van der Waals surface area contributed by atoms with Gasteiger partial charge in [0.15, 0.2) is 0 Å². The van der Waals surface area contributed by atoms with Gasteiger partial charge >= 0.3 is 6.09 Å². The van der Waals surface area contributed by atoms with E-state index in [1.165, 1.54) is 7.11 Å². The third kappa shape index (κ3) is 11.5. The van der Waals surface area contributed by atoms with Crippen LogP contribution in [0.4, 0.5) is 10.5 Å². The fraction of sp³-hybridized carbons (Fsp3) is 0.519. The van der Waals surface area contributed by atoms with Gasteiger partial charge in [-0.15, -0.1) is 6.58 Å². The number of fused-ring (bicyclic) bond motifs is 2. The van der Waals surface area contributed by atoms with Gasteiger partial charge in [0.2, 0.25) is 11.7 Å². The number of amides is 2. The lowest BCUT2D eigenvalue weighted by molar-refractivity contribution is -0.257. The van der Waals surface area contributed by atoms with Crippen LogP contribution in [0, 0.1) is 17.8 Å². The van der Waals surface area contributed by atoms with Crippen LogP contribution in [-0.4, -0.2) is 97.9 Å². The van der Waals surface area contributed by atoms with E-state index < -0.39 is 29.4 Å². The summed E-state index contributed by atoms with van der Waals surface area (Å²) in [5.74, 6) is 0.0693. The minimum atomic E-state index is -1.44. The van der Waals surface area contributed by atoms with Crippen LogP contribution in [0.2, 0.25) is 0 Å². The third-order valence-corrected chi connectivity index (χ3v) is 12.6. The van der Waals surface area contributed by atoms with Crippen molar-refractivity contribution in [3.8, 4) is 28.7 Å². The number of benzene rings is 3. The Balaban J connectivity index is 1.54.